The van der Waals surface area contributed by atoms with Gasteiger partial charge in [0.05, 0.1) is 6.04 Å². The maximum absolute atomic E-state index is 13.9. The number of benzene rings is 4. The molecule has 2 fully saturated rings. The molecule has 2 heterocycles. The van der Waals surface area contributed by atoms with Crippen molar-refractivity contribution >= 4 is 23.6 Å². The van der Waals surface area contributed by atoms with Gasteiger partial charge in [-0.3, -0.25) is 19.2 Å². The van der Waals surface area contributed by atoms with Crippen LogP contribution < -0.4 is 20.7 Å². The molecule has 0 radical (unpaired) electrons. The smallest absolute Gasteiger partial charge is 0.252 e. The van der Waals surface area contributed by atoms with Crippen LogP contribution in [0.15, 0.2) is 91.0 Å². The number of nitrogens with one attached hydrogen (secondary N) is 3. The Kier molecular flexibility index (Phi) is 16.0. The maximum atomic E-state index is 13.9. The summed E-state index contributed by atoms with van der Waals surface area (Å²) < 4.78 is 5.63. The van der Waals surface area contributed by atoms with Crippen molar-refractivity contribution in [1.82, 2.24) is 20.9 Å². The highest BCUT2D eigenvalue weighted by Crippen LogP contribution is 2.43. The first-order valence-corrected chi connectivity index (χ1v) is 23.3. The van der Waals surface area contributed by atoms with Crippen molar-refractivity contribution in [2.24, 2.45) is 22.7 Å². The number of hydrogen-bond acceptors (Lipinski definition) is 7. The molecule has 0 spiro atoms. The zero-order valence-electron chi connectivity index (χ0n) is 39.6. The van der Waals surface area contributed by atoms with E-state index < -0.39 is 41.5 Å². The Morgan fingerprint density at radius 3 is 1.89 bits per heavy atom. The van der Waals surface area contributed by atoms with Gasteiger partial charge in [-0.15, -0.1) is 0 Å². The molecular formula is C54H70N4O7. The van der Waals surface area contributed by atoms with Gasteiger partial charge >= 0.3 is 0 Å². The van der Waals surface area contributed by atoms with Crippen LogP contribution in [0.1, 0.15) is 110 Å². The fourth-order valence-corrected chi connectivity index (χ4v) is 10.0. The van der Waals surface area contributed by atoms with Crippen LogP contribution in [0.2, 0.25) is 0 Å². The summed E-state index contributed by atoms with van der Waals surface area (Å²) in [6, 6.07) is 27.4. The third-order valence-electron chi connectivity index (χ3n) is 14.2. The van der Waals surface area contributed by atoms with Crippen LogP contribution in [-0.4, -0.2) is 70.1 Å². The quantitative estimate of drug-likeness (QED) is 0.0931. The normalized spacial score (nSPS) is 21.4. The van der Waals surface area contributed by atoms with Gasteiger partial charge in [-0.2, -0.15) is 0 Å². The molecule has 4 aromatic carbocycles. The predicted molar refractivity (Wildman–Crippen MR) is 254 cm³/mol. The Morgan fingerprint density at radius 1 is 0.738 bits per heavy atom. The average Bonchev–Trinajstić information content (AvgIpc) is 3.80. The number of carbonyl (C=O) groups excluding carboxylic acids is 4. The van der Waals surface area contributed by atoms with Crippen LogP contribution in [-0.2, 0) is 38.7 Å². The topological polar surface area (TPSA) is 157 Å². The van der Waals surface area contributed by atoms with Crippen LogP contribution in [0.25, 0.3) is 0 Å². The highest BCUT2D eigenvalue weighted by molar-refractivity contribution is 5.91. The van der Waals surface area contributed by atoms with E-state index in [1.807, 2.05) is 88.4 Å². The first kappa shape index (κ1) is 48.9. The van der Waals surface area contributed by atoms with Gasteiger partial charge < -0.3 is 35.8 Å². The molecule has 0 aromatic heterocycles. The van der Waals surface area contributed by atoms with Crippen LogP contribution >= 0.6 is 0 Å². The minimum Gasteiger partial charge on any atom is -0.490 e. The Balaban J connectivity index is 0.000000307. The van der Waals surface area contributed by atoms with E-state index in [0.29, 0.717) is 37.4 Å². The number of rotatable bonds is 13. The fraction of sp³-hybridized carbons (Fsp3) is 0.481. The van der Waals surface area contributed by atoms with E-state index in [1.54, 1.807) is 12.1 Å². The molecule has 7 rings (SSSR count). The van der Waals surface area contributed by atoms with Crippen molar-refractivity contribution in [3.8, 4) is 5.75 Å². The fourth-order valence-electron chi connectivity index (χ4n) is 10.0. The van der Waals surface area contributed by atoms with Crippen LogP contribution in [0.4, 0.5) is 0 Å². The number of likely N-dealkylation sites (tertiary alicyclic amines) is 1. The molecular weight excluding hydrogens is 817 g/mol. The van der Waals surface area contributed by atoms with Crippen LogP contribution in [0.5, 0.6) is 5.75 Å². The Labute approximate surface area is 385 Å². The summed E-state index contributed by atoms with van der Waals surface area (Å²) in [7, 11) is 0. The summed E-state index contributed by atoms with van der Waals surface area (Å²) in [5, 5.41) is 31.3. The van der Waals surface area contributed by atoms with Gasteiger partial charge in [0.1, 0.15) is 30.6 Å². The zero-order chi connectivity index (χ0) is 47.1. The molecule has 4 aromatic rings. The number of amides is 4. The minimum absolute atomic E-state index is 0.0318. The first-order chi connectivity index (χ1) is 30.9. The van der Waals surface area contributed by atoms with E-state index in [1.165, 1.54) is 28.0 Å². The molecule has 3 aliphatic rings. The molecule has 65 heavy (non-hydrogen) atoms. The molecule has 11 heteroatoms. The summed E-state index contributed by atoms with van der Waals surface area (Å²) in [6.45, 7) is 17.9. The first-order valence-electron chi connectivity index (χ1n) is 23.3. The molecule has 1 aliphatic carbocycles. The minimum atomic E-state index is -1.51. The van der Waals surface area contributed by atoms with Crippen molar-refractivity contribution in [1.29, 1.82) is 0 Å². The van der Waals surface area contributed by atoms with E-state index in [0.717, 1.165) is 35.1 Å². The summed E-state index contributed by atoms with van der Waals surface area (Å²) in [5.74, 6) is -1.01. The largest absolute Gasteiger partial charge is 0.490 e. The second-order valence-electron chi connectivity index (χ2n) is 19.8. The Bertz CT molecular complexity index is 2270. The standard InChI is InChI=1S/C37H45N3O6.C17H25NO/c1-23-11-10-12-24(2)28(23)21-38-35(44)33-37(3,4)17-18-40(33)36(45)29(41)20-26(19-25-13-6-5-7-14-25)34(43)39-32-27-15-8-9-16-31(27)46-22-30(32)42;1-12-7-5-8-13(2)14(12)11-18-16(19)15-9-6-10-17(15,3)4/h5-16,26,29-30,32-33,41-42H,17-22H2,1-4H3,(H,38,44)(H,39,43);5,7-8,15H,6,9-11H2,1-4H3,(H,18,19)/t26-,29+,30-,32+,33-;15-/m11/s1. The molecule has 0 bridgehead atoms. The molecule has 0 unspecified atom stereocenters. The van der Waals surface area contributed by atoms with E-state index in [2.05, 4.69) is 61.8 Å². The van der Waals surface area contributed by atoms with Crippen molar-refractivity contribution < 1.29 is 34.1 Å². The summed E-state index contributed by atoms with van der Waals surface area (Å²) >= 11 is 0. The second kappa shape index (κ2) is 21.2. The number of aryl methyl sites for hydroxylation is 4. The van der Waals surface area contributed by atoms with Crippen molar-refractivity contribution in [3.05, 3.63) is 136 Å². The molecule has 348 valence electrons. The third-order valence-corrected chi connectivity index (χ3v) is 14.2. The number of aliphatic hydroxyl groups excluding tert-OH is 2. The van der Waals surface area contributed by atoms with E-state index in [-0.39, 0.29) is 48.5 Å². The number of hydrogen-bond donors (Lipinski definition) is 5. The SMILES string of the molecule is Cc1cccc(C)c1CNC(=O)[C@H]1CCCC1(C)C.Cc1cccc(C)c1CNC(=O)[C@H]1N(C(=O)[C@@H](O)C[C@@H](Cc2ccccc2)C(=O)N[C@H]2c3ccccc3OC[C@H]2O)CCC1(C)C. The average molecular weight is 887 g/mol. The molecule has 5 N–H and O–H groups in total. The van der Waals surface area contributed by atoms with E-state index in [9.17, 15) is 29.4 Å². The van der Waals surface area contributed by atoms with E-state index >= 15 is 0 Å². The third kappa shape index (κ3) is 11.8. The Morgan fingerprint density at radius 2 is 1.31 bits per heavy atom. The molecule has 11 nitrogen and oxygen atoms in total. The Hall–Kier alpha value is -5.52. The monoisotopic (exact) mass is 887 g/mol. The highest BCUT2D eigenvalue weighted by atomic mass is 16.5. The summed E-state index contributed by atoms with van der Waals surface area (Å²) in [4.78, 5) is 55.1. The number of aliphatic hydroxyl groups is 2. The maximum Gasteiger partial charge on any atom is 0.252 e. The zero-order valence-corrected chi connectivity index (χ0v) is 39.6. The molecule has 4 amide bonds. The van der Waals surface area contributed by atoms with Gasteiger partial charge in [0.25, 0.3) is 5.91 Å². The van der Waals surface area contributed by atoms with Gasteiger partial charge in [0.15, 0.2) is 0 Å². The van der Waals surface area contributed by atoms with Crippen molar-refractivity contribution in [3.63, 3.8) is 0 Å². The number of ether oxygens (including phenoxy) is 1. The number of carbonyl (C=O) groups is 4. The van der Waals surface area contributed by atoms with Gasteiger partial charge in [0, 0.05) is 37.0 Å². The lowest BCUT2D eigenvalue weighted by molar-refractivity contribution is -0.148. The van der Waals surface area contributed by atoms with Gasteiger partial charge in [-0.05, 0) is 116 Å². The van der Waals surface area contributed by atoms with Crippen molar-refractivity contribution in [2.75, 3.05) is 13.2 Å². The summed E-state index contributed by atoms with van der Waals surface area (Å²) in [6.07, 6.45) is 1.64. The number of fused-ring (bicyclic) bond motifs is 1. The lowest BCUT2D eigenvalue weighted by Crippen LogP contribution is -2.53. The van der Waals surface area contributed by atoms with Crippen LogP contribution in [0.3, 0.4) is 0 Å². The predicted octanol–water partition coefficient (Wildman–Crippen LogP) is 7.51. The molecule has 1 saturated heterocycles. The van der Waals surface area contributed by atoms with Gasteiger partial charge in [0.2, 0.25) is 17.7 Å². The highest BCUT2D eigenvalue weighted by Gasteiger charge is 2.48. The van der Waals surface area contributed by atoms with Crippen LogP contribution in [0, 0.1) is 50.4 Å². The molecule has 2 aliphatic heterocycles. The number of para-hydroxylation sites is 1. The second-order valence-corrected chi connectivity index (χ2v) is 19.8. The van der Waals surface area contributed by atoms with Gasteiger partial charge in [-0.1, -0.05) is 119 Å². The van der Waals surface area contributed by atoms with Crippen molar-refractivity contribution in [2.45, 2.75) is 131 Å². The lowest BCUT2D eigenvalue weighted by atomic mass is 9.81. The molecule has 1 saturated carbocycles. The van der Waals surface area contributed by atoms with Gasteiger partial charge in [-0.25, -0.2) is 0 Å². The molecule has 6 atom stereocenters. The lowest BCUT2D eigenvalue weighted by Gasteiger charge is -2.34. The van der Waals surface area contributed by atoms with E-state index in [4.69, 9.17) is 4.74 Å². The number of nitrogens with zero attached hydrogens (tertiary/aromatic N) is 1. The summed E-state index contributed by atoms with van der Waals surface area (Å²) in [5.41, 5.74) is 8.15.